The SMILES string of the molecule is Cc1cc2oc(=O)cc(C[NH2+][C@@H](C)c3ccc(Cl)cc3)c2cc1C(C)C. The second-order valence-corrected chi connectivity index (χ2v) is 7.67. The van der Waals surface area contributed by atoms with Crippen molar-refractivity contribution in [2.24, 2.45) is 0 Å². The van der Waals surface area contributed by atoms with Gasteiger partial charge in [-0.25, -0.2) is 4.79 Å². The lowest BCUT2D eigenvalue weighted by Crippen LogP contribution is -2.83. The fraction of sp³-hybridized carbons (Fsp3) is 0.318. The first kappa shape index (κ1) is 18.7. The van der Waals surface area contributed by atoms with Gasteiger partial charge in [0.1, 0.15) is 18.2 Å². The predicted octanol–water partition coefficient (Wildman–Crippen LogP) is 4.70. The van der Waals surface area contributed by atoms with Gasteiger partial charge < -0.3 is 9.73 Å². The van der Waals surface area contributed by atoms with Gasteiger partial charge in [-0.3, -0.25) is 0 Å². The van der Waals surface area contributed by atoms with E-state index in [1.165, 1.54) is 11.1 Å². The van der Waals surface area contributed by atoms with Crippen molar-refractivity contribution in [3.05, 3.63) is 80.2 Å². The summed E-state index contributed by atoms with van der Waals surface area (Å²) in [6.45, 7) is 9.30. The van der Waals surface area contributed by atoms with Gasteiger partial charge in [0, 0.05) is 27.6 Å². The summed E-state index contributed by atoms with van der Waals surface area (Å²) in [4.78, 5) is 12.0. The average molecular weight is 371 g/mol. The van der Waals surface area contributed by atoms with Gasteiger partial charge in [0.15, 0.2) is 0 Å². The molecule has 1 heterocycles. The lowest BCUT2D eigenvalue weighted by molar-refractivity contribution is -0.707. The highest BCUT2D eigenvalue weighted by Gasteiger charge is 2.14. The van der Waals surface area contributed by atoms with Crippen molar-refractivity contribution in [2.75, 3.05) is 0 Å². The average Bonchev–Trinajstić information content (AvgIpc) is 2.59. The van der Waals surface area contributed by atoms with Crippen molar-refractivity contribution in [2.45, 2.75) is 46.2 Å². The van der Waals surface area contributed by atoms with Gasteiger partial charge in [-0.05, 0) is 55.2 Å². The summed E-state index contributed by atoms with van der Waals surface area (Å²) in [7, 11) is 0. The highest BCUT2D eigenvalue weighted by molar-refractivity contribution is 6.30. The minimum Gasteiger partial charge on any atom is -0.423 e. The number of rotatable bonds is 5. The molecule has 0 unspecified atom stereocenters. The maximum Gasteiger partial charge on any atom is 0.336 e. The van der Waals surface area contributed by atoms with E-state index in [0.29, 0.717) is 18.0 Å². The number of hydrogen-bond acceptors (Lipinski definition) is 2. The third kappa shape index (κ3) is 4.00. The molecule has 0 aliphatic rings. The van der Waals surface area contributed by atoms with Crippen LogP contribution in [0.1, 0.15) is 55.0 Å². The standard InChI is InChI=1S/C22H24ClNO2/c1-13(2)19-11-20-17(10-22(25)26-21(20)9-14(19)3)12-24-15(4)16-5-7-18(23)8-6-16/h5-11,13,15,24H,12H2,1-4H3/p+1/t15-/m0/s1. The summed E-state index contributed by atoms with van der Waals surface area (Å²) in [5.74, 6) is 0.427. The Morgan fingerprint density at radius 2 is 1.77 bits per heavy atom. The molecule has 2 aromatic carbocycles. The van der Waals surface area contributed by atoms with Gasteiger partial charge in [0.2, 0.25) is 0 Å². The molecule has 1 aromatic heterocycles. The first-order chi connectivity index (χ1) is 12.3. The fourth-order valence-corrected chi connectivity index (χ4v) is 3.51. The third-order valence-electron chi connectivity index (χ3n) is 4.93. The van der Waals surface area contributed by atoms with E-state index in [0.717, 1.165) is 21.5 Å². The molecule has 0 saturated carbocycles. The molecule has 0 amide bonds. The second kappa shape index (κ2) is 7.65. The summed E-state index contributed by atoms with van der Waals surface area (Å²) in [6.07, 6.45) is 0. The zero-order chi connectivity index (χ0) is 18.8. The Kier molecular flexibility index (Phi) is 5.49. The summed E-state index contributed by atoms with van der Waals surface area (Å²) in [5, 5.41) is 3.99. The maximum absolute atomic E-state index is 12.0. The van der Waals surface area contributed by atoms with Crippen LogP contribution in [-0.4, -0.2) is 0 Å². The summed E-state index contributed by atoms with van der Waals surface area (Å²) in [5.41, 5.74) is 5.04. The molecule has 0 aliphatic carbocycles. The molecule has 0 radical (unpaired) electrons. The smallest absolute Gasteiger partial charge is 0.336 e. The molecular weight excluding hydrogens is 346 g/mol. The van der Waals surface area contributed by atoms with Crippen LogP contribution in [0.15, 0.2) is 51.7 Å². The van der Waals surface area contributed by atoms with Crippen molar-refractivity contribution in [1.82, 2.24) is 0 Å². The molecule has 0 aliphatic heterocycles. The van der Waals surface area contributed by atoms with Crippen LogP contribution >= 0.6 is 11.6 Å². The molecule has 4 heteroatoms. The monoisotopic (exact) mass is 370 g/mol. The second-order valence-electron chi connectivity index (χ2n) is 7.23. The van der Waals surface area contributed by atoms with E-state index in [9.17, 15) is 4.79 Å². The lowest BCUT2D eigenvalue weighted by Gasteiger charge is -2.14. The molecule has 136 valence electrons. The quantitative estimate of drug-likeness (QED) is 0.661. The highest BCUT2D eigenvalue weighted by atomic mass is 35.5. The largest absolute Gasteiger partial charge is 0.423 e. The molecule has 0 spiro atoms. The molecule has 26 heavy (non-hydrogen) atoms. The molecule has 2 N–H and O–H groups in total. The minimum atomic E-state index is -0.295. The molecular formula is C22H25ClNO2+. The van der Waals surface area contributed by atoms with E-state index in [4.69, 9.17) is 16.0 Å². The zero-order valence-corrected chi connectivity index (χ0v) is 16.4. The van der Waals surface area contributed by atoms with E-state index >= 15 is 0 Å². The van der Waals surface area contributed by atoms with Gasteiger partial charge >= 0.3 is 5.63 Å². The van der Waals surface area contributed by atoms with Gasteiger partial charge in [-0.2, -0.15) is 0 Å². The van der Waals surface area contributed by atoms with E-state index in [1.807, 2.05) is 30.3 Å². The van der Waals surface area contributed by atoms with E-state index in [-0.39, 0.29) is 11.7 Å². The minimum absolute atomic E-state index is 0.268. The number of halogens is 1. The lowest BCUT2D eigenvalue weighted by atomic mass is 9.95. The van der Waals surface area contributed by atoms with Gasteiger partial charge in [0.05, 0.1) is 0 Å². The third-order valence-corrected chi connectivity index (χ3v) is 5.18. The number of quaternary nitrogens is 1. The van der Waals surface area contributed by atoms with E-state index in [1.54, 1.807) is 6.07 Å². The Balaban J connectivity index is 1.92. The molecule has 3 aromatic rings. The fourth-order valence-electron chi connectivity index (χ4n) is 3.39. The number of fused-ring (bicyclic) bond motifs is 1. The topological polar surface area (TPSA) is 46.8 Å². The zero-order valence-electron chi connectivity index (χ0n) is 15.7. The number of nitrogens with two attached hydrogens (primary N) is 1. The molecule has 3 rings (SSSR count). The molecule has 0 saturated heterocycles. The van der Waals surface area contributed by atoms with Crippen LogP contribution in [0.4, 0.5) is 0 Å². The summed E-state index contributed by atoms with van der Waals surface area (Å²) >= 11 is 5.97. The van der Waals surface area contributed by atoms with Crippen molar-refractivity contribution in [1.29, 1.82) is 0 Å². The van der Waals surface area contributed by atoms with Crippen molar-refractivity contribution >= 4 is 22.6 Å². The first-order valence-electron chi connectivity index (χ1n) is 9.01. The van der Waals surface area contributed by atoms with Crippen LogP contribution in [0, 0.1) is 6.92 Å². The predicted molar refractivity (Wildman–Crippen MR) is 107 cm³/mol. The Labute approximate surface area is 159 Å². The Bertz CT molecular complexity index is 974. The Morgan fingerprint density at radius 1 is 1.08 bits per heavy atom. The van der Waals surface area contributed by atoms with Gasteiger partial charge in [-0.15, -0.1) is 0 Å². The number of aryl methyl sites for hydroxylation is 1. The maximum atomic E-state index is 12.0. The molecule has 1 atom stereocenters. The normalized spacial score (nSPS) is 12.7. The van der Waals surface area contributed by atoms with Crippen LogP contribution < -0.4 is 10.9 Å². The van der Waals surface area contributed by atoms with Crippen molar-refractivity contribution in [3.63, 3.8) is 0 Å². The highest BCUT2D eigenvalue weighted by Crippen LogP contribution is 2.26. The summed E-state index contributed by atoms with van der Waals surface area (Å²) in [6, 6.07) is 13.9. The van der Waals surface area contributed by atoms with E-state index < -0.39 is 0 Å². The van der Waals surface area contributed by atoms with Crippen LogP contribution in [0.25, 0.3) is 11.0 Å². The van der Waals surface area contributed by atoms with E-state index in [2.05, 4.69) is 39.1 Å². The number of hydrogen-bond donors (Lipinski definition) is 1. The first-order valence-corrected chi connectivity index (χ1v) is 9.39. The van der Waals surface area contributed by atoms with Gasteiger partial charge in [0.25, 0.3) is 0 Å². The molecule has 0 bridgehead atoms. The Hall–Kier alpha value is -2.10. The van der Waals surface area contributed by atoms with Crippen molar-refractivity contribution in [3.8, 4) is 0 Å². The van der Waals surface area contributed by atoms with Crippen LogP contribution in [-0.2, 0) is 6.54 Å². The van der Waals surface area contributed by atoms with Crippen LogP contribution in [0.2, 0.25) is 5.02 Å². The molecule has 0 fully saturated rings. The van der Waals surface area contributed by atoms with Crippen LogP contribution in [0.3, 0.4) is 0 Å². The molecule has 3 nitrogen and oxygen atoms in total. The van der Waals surface area contributed by atoms with Crippen LogP contribution in [0.5, 0.6) is 0 Å². The van der Waals surface area contributed by atoms with Crippen molar-refractivity contribution < 1.29 is 9.73 Å². The van der Waals surface area contributed by atoms with Gasteiger partial charge in [-0.1, -0.05) is 37.6 Å². The number of benzene rings is 2. The Morgan fingerprint density at radius 3 is 2.42 bits per heavy atom. The summed E-state index contributed by atoms with van der Waals surface area (Å²) < 4.78 is 5.44.